The molecule has 0 unspecified atom stereocenters. The van der Waals surface area contributed by atoms with Gasteiger partial charge in [0.05, 0.1) is 23.0 Å². The molecule has 8 nitrogen and oxygen atoms in total. The molecule has 10 heteroatoms. The van der Waals surface area contributed by atoms with Gasteiger partial charge in [-0.05, 0) is 44.4 Å². The number of ether oxygens (including phenoxy) is 1. The zero-order chi connectivity index (χ0) is 25.7. The molecule has 2 aliphatic heterocycles. The Bertz CT molecular complexity index is 1230. The number of esters is 1. The van der Waals surface area contributed by atoms with Crippen LogP contribution in [0.5, 0.6) is 0 Å². The number of anilines is 1. The van der Waals surface area contributed by atoms with Crippen LogP contribution in [-0.2, 0) is 14.3 Å². The van der Waals surface area contributed by atoms with Crippen LogP contribution in [0.15, 0.2) is 34.1 Å². The van der Waals surface area contributed by atoms with Gasteiger partial charge in [0, 0.05) is 25.8 Å². The monoisotopic (exact) mass is 528 g/mol. The van der Waals surface area contributed by atoms with Crippen molar-refractivity contribution in [3.8, 4) is 0 Å². The maximum Gasteiger partial charge on any atom is 0.309 e. The SMILES string of the molecule is CCCCCCN1C(=O)C(=Cc2c(N3CCC(C(=O)OCC)CC3)nc3ccccn3c2=O)SC1=S. The van der Waals surface area contributed by atoms with Crippen LogP contribution in [-0.4, -0.2) is 56.7 Å². The van der Waals surface area contributed by atoms with Crippen LogP contribution >= 0.6 is 24.0 Å². The molecule has 4 rings (SSSR count). The number of hydrogen-bond acceptors (Lipinski definition) is 8. The average molecular weight is 529 g/mol. The van der Waals surface area contributed by atoms with Crippen molar-refractivity contribution < 1.29 is 14.3 Å². The van der Waals surface area contributed by atoms with Crippen LogP contribution in [0.4, 0.5) is 5.82 Å². The van der Waals surface area contributed by atoms with E-state index in [9.17, 15) is 14.4 Å². The molecule has 36 heavy (non-hydrogen) atoms. The third-order valence-corrected chi connectivity index (χ3v) is 7.93. The van der Waals surface area contributed by atoms with E-state index in [-0.39, 0.29) is 23.4 Å². The number of aromatic nitrogens is 2. The van der Waals surface area contributed by atoms with Crippen molar-refractivity contribution in [2.75, 3.05) is 31.1 Å². The van der Waals surface area contributed by atoms with Gasteiger partial charge in [-0.25, -0.2) is 4.98 Å². The van der Waals surface area contributed by atoms with Gasteiger partial charge in [-0.15, -0.1) is 0 Å². The van der Waals surface area contributed by atoms with Gasteiger partial charge in [-0.3, -0.25) is 23.7 Å². The summed E-state index contributed by atoms with van der Waals surface area (Å²) in [5, 5.41) is 0. The second-order valence-electron chi connectivity index (χ2n) is 8.99. The van der Waals surface area contributed by atoms with E-state index in [0.29, 0.717) is 65.3 Å². The Balaban J connectivity index is 1.64. The lowest BCUT2D eigenvalue weighted by Gasteiger charge is -2.32. The Morgan fingerprint density at radius 3 is 2.69 bits per heavy atom. The van der Waals surface area contributed by atoms with Crippen molar-refractivity contribution >= 4 is 57.7 Å². The molecule has 2 aromatic heterocycles. The van der Waals surface area contributed by atoms with Crippen LogP contribution in [0, 0.1) is 5.92 Å². The number of carbonyl (C=O) groups excluding carboxylic acids is 2. The summed E-state index contributed by atoms with van der Waals surface area (Å²) in [6, 6.07) is 5.40. The van der Waals surface area contributed by atoms with E-state index < -0.39 is 0 Å². The van der Waals surface area contributed by atoms with Crippen LogP contribution in [0.25, 0.3) is 11.7 Å². The molecule has 4 heterocycles. The Morgan fingerprint density at radius 2 is 1.97 bits per heavy atom. The first-order chi connectivity index (χ1) is 17.4. The van der Waals surface area contributed by atoms with Crippen LogP contribution in [0.3, 0.4) is 0 Å². The topological polar surface area (TPSA) is 84.2 Å². The standard InChI is InChI=1S/C26H32N4O4S2/c1-3-5-6-8-14-30-24(32)20(36-26(30)35)17-19-22(27-21-10-7-9-13-29(21)23(19)31)28-15-11-18(12-16-28)25(33)34-4-2/h7,9-10,13,17-18H,3-6,8,11-12,14-16H2,1-2H3. The van der Waals surface area contributed by atoms with Gasteiger partial charge in [0.1, 0.15) is 15.8 Å². The first kappa shape index (κ1) is 26.3. The normalized spacial score (nSPS) is 18.0. The Labute approximate surface area is 220 Å². The molecule has 0 spiro atoms. The quantitative estimate of drug-likeness (QED) is 0.207. The largest absolute Gasteiger partial charge is 0.466 e. The summed E-state index contributed by atoms with van der Waals surface area (Å²) >= 11 is 6.72. The third-order valence-electron chi connectivity index (χ3n) is 6.55. The molecule has 0 N–H and O–H groups in total. The minimum absolute atomic E-state index is 0.157. The van der Waals surface area contributed by atoms with Crippen molar-refractivity contribution in [2.24, 2.45) is 5.92 Å². The molecular weight excluding hydrogens is 496 g/mol. The number of unbranched alkanes of at least 4 members (excludes halogenated alkanes) is 3. The van der Waals surface area contributed by atoms with Gasteiger partial charge >= 0.3 is 5.97 Å². The van der Waals surface area contributed by atoms with E-state index in [2.05, 4.69) is 6.92 Å². The summed E-state index contributed by atoms with van der Waals surface area (Å²) in [6.45, 7) is 6.04. The van der Waals surface area contributed by atoms with Crippen LogP contribution in [0.2, 0.25) is 0 Å². The Kier molecular flexibility index (Phi) is 8.79. The Morgan fingerprint density at radius 1 is 1.19 bits per heavy atom. The zero-order valence-corrected chi connectivity index (χ0v) is 22.4. The van der Waals surface area contributed by atoms with E-state index in [1.165, 1.54) is 16.2 Å². The van der Waals surface area contributed by atoms with E-state index in [0.717, 1.165) is 25.7 Å². The molecule has 0 atom stereocenters. The molecule has 192 valence electrons. The number of hydrogen-bond donors (Lipinski definition) is 0. The molecule has 2 aliphatic rings. The lowest BCUT2D eigenvalue weighted by molar-refractivity contribution is -0.148. The third kappa shape index (κ3) is 5.64. The number of amides is 1. The van der Waals surface area contributed by atoms with Crippen molar-refractivity contribution in [1.82, 2.24) is 14.3 Å². The summed E-state index contributed by atoms with van der Waals surface area (Å²) in [4.78, 5) is 47.8. The molecule has 0 saturated carbocycles. The van der Waals surface area contributed by atoms with Crippen LogP contribution in [0.1, 0.15) is 57.9 Å². The molecule has 0 aliphatic carbocycles. The van der Waals surface area contributed by atoms with Gasteiger partial charge in [0.15, 0.2) is 0 Å². The zero-order valence-electron chi connectivity index (χ0n) is 20.8. The molecular formula is C26H32N4O4S2. The van der Waals surface area contributed by atoms with Crippen molar-refractivity contribution in [2.45, 2.75) is 52.4 Å². The number of carbonyl (C=O) groups is 2. The van der Waals surface area contributed by atoms with Crippen molar-refractivity contribution in [3.05, 3.63) is 45.2 Å². The lowest BCUT2D eigenvalue weighted by Crippen LogP contribution is -2.39. The predicted octanol–water partition coefficient (Wildman–Crippen LogP) is 4.26. The van der Waals surface area contributed by atoms with Gasteiger partial charge in [0.2, 0.25) is 0 Å². The Hall–Kier alpha value is -2.72. The second kappa shape index (κ2) is 12.0. The number of fused-ring (bicyclic) bond motifs is 1. The highest BCUT2D eigenvalue weighted by Gasteiger charge is 2.33. The minimum atomic E-state index is -0.240. The van der Waals surface area contributed by atoms with Gasteiger partial charge < -0.3 is 9.64 Å². The number of pyridine rings is 1. The maximum absolute atomic E-state index is 13.6. The second-order valence-corrected chi connectivity index (χ2v) is 10.7. The molecule has 0 bridgehead atoms. The molecule has 2 saturated heterocycles. The maximum atomic E-state index is 13.6. The number of thioether (sulfide) groups is 1. The van der Waals surface area contributed by atoms with Crippen LogP contribution < -0.4 is 10.5 Å². The fourth-order valence-corrected chi connectivity index (χ4v) is 5.86. The highest BCUT2D eigenvalue weighted by atomic mass is 32.2. The van der Waals surface area contributed by atoms with E-state index in [1.54, 1.807) is 36.2 Å². The summed E-state index contributed by atoms with van der Waals surface area (Å²) < 4.78 is 7.21. The molecule has 0 aromatic carbocycles. The first-order valence-electron chi connectivity index (χ1n) is 12.6. The van der Waals surface area contributed by atoms with Crippen molar-refractivity contribution in [3.63, 3.8) is 0 Å². The summed E-state index contributed by atoms with van der Waals surface area (Å²) in [5.41, 5.74) is 0.654. The molecule has 2 fully saturated rings. The van der Waals surface area contributed by atoms with Crippen molar-refractivity contribution in [1.29, 1.82) is 0 Å². The van der Waals surface area contributed by atoms with Gasteiger partial charge in [0.25, 0.3) is 11.5 Å². The van der Waals surface area contributed by atoms with E-state index in [1.807, 2.05) is 11.0 Å². The summed E-state index contributed by atoms with van der Waals surface area (Å²) in [7, 11) is 0. The number of piperidine rings is 1. The smallest absolute Gasteiger partial charge is 0.309 e. The average Bonchev–Trinajstić information content (AvgIpc) is 3.15. The minimum Gasteiger partial charge on any atom is -0.466 e. The summed E-state index contributed by atoms with van der Waals surface area (Å²) in [5.74, 6) is 0.0365. The highest BCUT2D eigenvalue weighted by Crippen LogP contribution is 2.34. The first-order valence-corrected chi connectivity index (χ1v) is 13.8. The predicted molar refractivity (Wildman–Crippen MR) is 147 cm³/mol. The fourth-order valence-electron chi connectivity index (χ4n) is 4.57. The molecule has 1 amide bonds. The van der Waals surface area contributed by atoms with Gasteiger partial charge in [-0.1, -0.05) is 56.2 Å². The van der Waals surface area contributed by atoms with E-state index >= 15 is 0 Å². The highest BCUT2D eigenvalue weighted by molar-refractivity contribution is 8.26. The summed E-state index contributed by atoms with van der Waals surface area (Å²) in [6.07, 6.45) is 8.76. The fraction of sp³-hybridized carbons (Fsp3) is 0.500. The van der Waals surface area contributed by atoms with E-state index in [4.69, 9.17) is 21.9 Å². The number of thiocarbonyl (C=S) groups is 1. The number of rotatable bonds is 9. The molecule has 2 aromatic rings. The molecule has 0 radical (unpaired) electrons. The number of nitrogens with zero attached hydrogens (tertiary/aromatic N) is 4. The lowest BCUT2D eigenvalue weighted by atomic mass is 9.96. The van der Waals surface area contributed by atoms with Gasteiger partial charge in [-0.2, -0.15) is 0 Å².